The Morgan fingerprint density at radius 2 is 1.60 bits per heavy atom. The number of aliphatic imine (C=N–C) groups is 1. The summed E-state index contributed by atoms with van der Waals surface area (Å²) in [5.41, 5.74) is 3.21. The predicted octanol–water partition coefficient (Wildman–Crippen LogP) is 4.42. The number of esters is 1. The van der Waals surface area contributed by atoms with E-state index in [4.69, 9.17) is 16.3 Å². The first kappa shape index (κ1) is 17.0. The Morgan fingerprint density at radius 3 is 2.24 bits per heavy atom. The summed E-state index contributed by atoms with van der Waals surface area (Å²) in [5, 5.41) is 0.673. The summed E-state index contributed by atoms with van der Waals surface area (Å²) in [6.07, 6.45) is 5.19. The van der Waals surface area contributed by atoms with Crippen LogP contribution in [0.4, 0.5) is 5.69 Å². The second kappa shape index (κ2) is 7.36. The number of anilines is 1. The van der Waals surface area contributed by atoms with Crippen molar-refractivity contribution >= 4 is 41.3 Å². The van der Waals surface area contributed by atoms with Crippen LogP contribution in [0.3, 0.4) is 0 Å². The Hall–Kier alpha value is -2.85. The van der Waals surface area contributed by atoms with Crippen LogP contribution in [0, 0.1) is 0 Å². The molecule has 1 heterocycles. The fraction of sp³-hybridized carbons (Fsp3) is 0.100. The predicted molar refractivity (Wildman–Crippen MR) is 103 cm³/mol. The molecule has 0 bridgehead atoms. The highest BCUT2D eigenvalue weighted by molar-refractivity contribution is 6.30. The minimum atomic E-state index is -0.451. The van der Waals surface area contributed by atoms with Crippen LogP contribution < -0.4 is 4.90 Å². The van der Waals surface area contributed by atoms with Crippen LogP contribution in [0.2, 0.25) is 5.02 Å². The molecule has 1 aliphatic rings. The molecule has 0 unspecified atom stereocenters. The highest BCUT2D eigenvalue weighted by Crippen LogP contribution is 2.19. The number of nitrogens with zero attached hydrogens (tertiary/aromatic N) is 2. The third-order valence-electron chi connectivity index (χ3n) is 3.64. The Morgan fingerprint density at radius 1 is 0.960 bits per heavy atom. The van der Waals surface area contributed by atoms with Crippen molar-refractivity contribution < 1.29 is 9.53 Å². The number of carbonyl (C=O) groups excluding carboxylic acids is 1. The number of cyclic esters (lactones) is 1. The Kier molecular flexibility index (Phi) is 5.00. The van der Waals surface area contributed by atoms with Crippen molar-refractivity contribution in [3.05, 3.63) is 76.5 Å². The number of benzene rings is 2. The van der Waals surface area contributed by atoms with E-state index in [0.717, 1.165) is 16.8 Å². The molecule has 5 heteroatoms. The normalized spacial score (nSPS) is 15.6. The maximum Gasteiger partial charge on any atom is 0.363 e. The molecule has 0 N–H and O–H groups in total. The molecular formula is C20H17ClN2O2. The average molecular weight is 353 g/mol. The van der Waals surface area contributed by atoms with Crippen LogP contribution in [-0.4, -0.2) is 26.0 Å². The number of rotatable bonds is 4. The van der Waals surface area contributed by atoms with Gasteiger partial charge in [0, 0.05) is 30.9 Å². The van der Waals surface area contributed by atoms with Gasteiger partial charge in [0.1, 0.15) is 0 Å². The molecule has 3 rings (SSSR count). The van der Waals surface area contributed by atoms with Crippen molar-refractivity contribution in [1.29, 1.82) is 0 Å². The van der Waals surface area contributed by atoms with Gasteiger partial charge >= 0.3 is 5.97 Å². The molecule has 0 aliphatic carbocycles. The second-order valence-corrected chi connectivity index (χ2v) is 6.18. The Balaban J connectivity index is 1.76. The van der Waals surface area contributed by atoms with Gasteiger partial charge in [0.25, 0.3) is 0 Å². The first-order valence-electron chi connectivity index (χ1n) is 7.75. The molecule has 2 aromatic carbocycles. The van der Waals surface area contributed by atoms with Gasteiger partial charge in [-0.25, -0.2) is 9.79 Å². The second-order valence-electron chi connectivity index (χ2n) is 5.74. The highest BCUT2D eigenvalue weighted by Gasteiger charge is 2.21. The smallest absolute Gasteiger partial charge is 0.363 e. The zero-order valence-corrected chi connectivity index (χ0v) is 14.7. The number of halogens is 1. The van der Waals surface area contributed by atoms with Crippen molar-refractivity contribution in [1.82, 2.24) is 0 Å². The quantitative estimate of drug-likeness (QED) is 0.604. The van der Waals surface area contributed by atoms with Crippen LogP contribution in [0.15, 0.2) is 65.3 Å². The molecule has 25 heavy (non-hydrogen) atoms. The summed E-state index contributed by atoms with van der Waals surface area (Å²) in [4.78, 5) is 18.2. The van der Waals surface area contributed by atoms with Crippen LogP contribution in [0.25, 0.3) is 12.2 Å². The van der Waals surface area contributed by atoms with E-state index < -0.39 is 5.97 Å². The van der Waals surface area contributed by atoms with E-state index in [0.29, 0.717) is 5.02 Å². The van der Waals surface area contributed by atoms with Gasteiger partial charge in [-0.15, -0.1) is 0 Å². The van der Waals surface area contributed by atoms with Gasteiger partial charge in [-0.2, -0.15) is 0 Å². The van der Waals surface area contributed by atoms with Crippen LogP contribution >= 0.6 is 11.6 Å². The molecule has 4 nitrogen and oxygen atoms in total. The SMILES string of the molecule is CN(C)c1ccc(C=C2N=C(/C=C/c3ccc(Cl)cc3)OC2=O)cc1. The molecule has 2 aromatic rings. The molecule has 0 amide bonds. The van der Waals surface area contributed by atoms with Crippen LogP contribution in [-0.2, 0) is 9.53 Å². The first-order chi connectivity index (χ1) is 12.0. The third-order valence-corrected chi connectivity index (χ3v) is 3.89. The maximum absolute atomic E-state index is 12.0. The van der Waals surface area contributed by atoms with E-state index in [1.165, 1.54) is 0 Å². The van der Waals surface area contributed by atoms with Crippen molar-refractivity contribution in [2.24, 2.45) is 4.99 Å². The third kappa shape index (κ3) is 4.37. The number of ether oxygens (including phenoxy) is 1. The lowest BCUT2D eigenvalue weighted by molar-refractivity contribution is -0.129. The van der Waals surface area contributed by atoms with Gasteiger partial charge in [0.2, 0.25) is 5.90 Å². The summed E-state index contributed by atoms with van der Waals surface area (Å²) < 4.78 is 5.18. The summed E-state index contributed by atoms with van der Waals surface area (Å²) in [5.74, 6) is -0.177. The van der Waals surface area contributed by atoms with E-state index >= 15 is 0 Å². The lowest BCUT2D eigenvalue weighted by Gasteiger charge is -2.11. The van der Waals surface area contributed by atoms with Gasteiger partial charge in [-0.05, 0) is 47.5 Å². The minimum absolute atomic E-state index is 0.274. The van der Waals surface area contributed by atoms with E-state index in [1.54, 1.807) is 24.3 Å². The lowest BCUT2D eigenvalue weighted by atomic mass is 10.1. The Labute approximate surface area is 151 Å². The minimum Gasteiger partial charge on any atom is -0.403 e. The maximum atomic E-state index is 12.0. The molecule has 0 fully saturated rings. The summed E-state index contributed by atoms with van der Waals surface area (Å²) in [6.45, 7) is 0. The van der Waals surface area contributed by atoms with Gasteiger partial charge in [0.05, 0.1) is 0 Å². The van der Waals surface area contributed by atoms with Crippen molar-refractivity contribution in [2.75, 3.05) is 19.0 Å². The van der Waals surface area contributed by atoms with Gasteiger partial charge in [0.15, 0.2) is 5.70 Å². The van der Waals surface area contributed by atoms with Crippen LogP contribution in [0.5, 0.6) is 0 Å². The molecule has 0 radical (unpaired) electrons. The molecule has 0 aromatic heterocycles. The fourth-order valence-corrected chi connectivity index (χ4v) is 2.39. The average Bonchev–Trinajstić information content (AvgIpc) is 2.94. The molecule has 1 aliphatic heterocycles. The van der Waals surface area contributed by atoms with Gasteiger partial charge in [-0.3, -0.25) is 0 Å². The summed E-state index contributed by atoms with van der Waals surface area (Å²) in [7, 11) is 3.96. The fourth-order valence-electron chi connectivity index (χ4n) is 2.26. The number of hydrogen-bond donors (Lipinski definition) is 0. The van der Waals surface area contributed by atoms with Crippen LogP contribution in [0.1, 0.15) is 11.1 Å². The topological polar surface area (TPSA) is 41.9 Å². The molecule has 0 saturated heterocycles. The first-order valence-corrected chi connectivity index (χ1v) is 8.13. The van der Waals surface area contributed by atoms with Crippen molar-refractivity contribution in [3.8, 4) is 0 Å². The zero-order chi connectivity index (χ0) is 17.8. The van der Waals surface area contributed by atoms with Gasteiger partial charge in [-0.1, -0.05) is 35.9 Å². The molecule has 0 spiro atoms. The van der Waals surface area contributed by atoms with E-state index in [2.05, 4.69) is 4.99 Å². The highest BCUT2D eigenvalue weighted by atomic mass is 35.5. The van der Waals surface area contributed by atoms with Crippen molar-refractivity contribution in [2.45, 2.75) is 0 Å². The van der Waals surface area contributed by atoms with Crippen molar-refractivity contribution in [3.63, 3.8) is 0 Å². The molecule has 0 atom stereocenters. The monoisotopic (exact) mass is 352 g/mol. The van der Waals surface area contributed by atoms with Gasteiger partial charge < -0.3 is 9.64 Å². The standard InChI is InChI=1S/C20H17ClN2O2/c1-23(2)17-10-5-15(6-11-17)13-18-20(24)25-19(22-18)12-7-14-3-8-16(21)9-4-14/h3-13H,1-2H3/b12-7+,18-13?. The summed E-state index contributed by atoms with van der Waals surface area (Å²) >= 11 is 5.85. The molecular weight excluding hydrogens is 336 g/mol. The zero-order valence-electron chi connectivity index (χ0n) is 13.9. The Bertz CT molecular complexity index is 864. The van der Waals surface area contributed by atoms with E-state index in [9.17, 15) is 4.79 Å². The van der Waals surface area contributed by atoms with E-state index in [1.807, 2.05) is 61.5 Å². The lowest BCUT2D eigenvalue weighted by Crippen LogP contribution is -2.07. The summed E-state index contributed by atoms with van der Waals surface area (Å²) in [6, 6.07) is 15.2. The largest absolute Gasteiger partial charge is 0.403 e. The molecule has 126 valence electrons. The number of hydrogen-bond acceptors (Lipinski definition) is 4. The molecule has 0 saturated carbocycles. The number of carbonyl (C=O) groups is 1. The van der Waals surface area contributed by atoms with E-state index in [-0.39, 0.29) is 11.6 Å².